The summed E-state index contributed by atoms with van der Waals surface area (Å²) in [7, 11) is 0. The summed E-state index contributed by atoms with van der Waals surface area (Å²) in [5.74, 6) is -0.290. The molecule has 0 spiro atoms. The summed E-state index contributed by atoms with van der Waals surface area (Å²) < 4.78 is 13.0. The molecular weight excluding hydrogens is 307 g/mol. The molecule has 1 aliphatic heterocycles. The van der Waals surface area contributed by atoms with Gasteiger partial charge in [-0.15, -0.1) is 0 Å². The average Bonchev–Trinajstić information content (AvgIpc) is 2.60. The zero-order valence-electron chi connectivity index (χ0n) is 13.2. The van der Waals surface area contributed by atoms with Crippen LogP contribution < -0.4 is 5.32 Å². The molecule has 1 heterocycles. The lowest BCUT2D eigenvalue weighted by molar-refractivity contribution is -0.127. The van der Waals surface area contributed by atoms with Crippen molar-refractivity contribution in [2.24, 2.45) is 0 Å². The minimum absolute atomic E-state index is 0.179. The SMILES string of the molecule is O=C1CCN([C@@H](C(=O)Nc2ccc(F)cc2)c2ccccc2)CC1. The number of ketones is 1. The molecular formula is C19H19FN2O2. The second-order valence-electron chi connectivity index (χ2n) is 5.88. The molecule has 4 nitrogen and oxygen atoms in total. The molecule has 24 heavy (non-hydrogen) atoms. The van der Waals surface area contributed by atoms with E-state index < -0.39 is 6.04 Å². The van der Waals surface area contributed by atoms with Gasteiger partial charge in [0.05, 0.1) is 0 Å². The Morgan fingerprint density at radius 2 is 1.62 bits per heavy atom. The van der Waals surface area contributed by atoms with Gasteiger partial charge in [-0.05, 0) is 29.8 Å². The Balaban J connectivity index is 1.82. The number of benzene rings is 2. The molecule has 124 valence electrons. The van der Waals surface area contributed by atoms with Gasteiger partial charge >= 0.3 is 0 Å². The number of carbonyl (C=O) groups excluding carboxylic acids is 2. The van der Waals surface area contributed by atoms with Crippen LogP contribution in [0.5, 0.6) is 0 Å². The van der Waals surface area contributed by atoms with E-state index in [0.29, 0.717) is 31.6 Å². The highest BCUT2D eigenvalue weighted by Crippen LogP contribution is 2.25. The van der Waals surface area contributed by atoms with Crippen molar-refractivity contribution in [3.05, 3.63) is 66.0 Å². The zero-order valence-corrected chi connectivity index (χ0v) is 13.2. The van der Waals surface area contributed by atoms with Crippen molar-refractivity contribution in [2.75, 3.05) is 18.4 Å². The van der Waals surface area contributed by atoms with E-state index in [4.69, 9.17) is 0 Å². The van der Waals surface area contributed by atoms with E-state index in [1.165, 1.54) is 24.3 Å². The molecule has 3 rings (SSSR count). The van der Waals surface area contributed by atoms with Gasteiger partial charge in [-0.3, -0.25) is 14.5 Å². The molecule has 2 aromatic carbocycles. The minimum Gasteiger partial charge on any atom is -0.324 e. The van der Waals surface area contributed by atoms with Crippen LogP contribution in [0.2, 0.25) is 0 Å². The Morgan fingerprint density at radius 3 is 2.25 bits per heavy atom. The second-order valence-corrected chi connectivity index (χ2v) is 5.88. The Kier molecular flexibility index (Phi) is 5.01. The van der Waals surface area contributed by atoms with Crippen molar-refractivity contribution in [2.45, 2.75) is 18.9 Å². The van der Waals surface area contributed by atoms with Crippen LogP contribution in [-0.2, 0) is 9.59 Å². The van der Waals surface area contributed by atoms with Gasteiger partial charge in [0.15, 0.2) is 0 Å². The number of rotatable bonds is 4. The van der Waals surface area contributed by atoms with Crippen molar-refractivity contribution in [1.29, 1.82) is 0 Å². The highest BCUT2D eigenvalue weighted by atomic mass is 19.1. The third-order valence-electron chi connectivity index (χ3n) is 4.20. The fraction of sp³-hybridized carbons (Fsp3) is 0.263. The molecule has 0 aromatic heterocycles. The summed E-state index contributed by atoms with van der Waals surface area (Å²) in [6, 6.07) is 14.7. The second kappa shape index (κ2) is 7.36. The first-order chi connectivity index (χ1) is 11.6. The van der Waals surface area contributed by atoms with Crippen LogP contribution in [0.3, 0.4) is 0 Å². The fourth-order valence-corrected chi connectivity index (χ4v) is 2.94. The number of nitrogens with one attached hydrogen (secondary N) is 1. The first-order valence-electron chi connectivity index (χ1n) is 8.00. The van der Waals surface area contributed by atoms with Crippen LogP contribution in [0.4, 0.5) is 10.1 Å². The molecule has 1 amide bonds. The Morgan fingerprint density at radius 1 is 1.00 bits per heavy atom. The number of amides is 1. The number of carbonyl (C=O) groups is 2. The number of anilines is 1. The van der Waals surface area contributed by atoms with Crippen molar-refractivity contribution >= 4 is 17.4 Å². The number of halogens is 1. The van der Waals surface area contributed by atoms with Crippen LogP contribution in [0, 0.1) is 5.82 Å². The largest absolute Gasteiger partial charge is 0.324 e. The number of likely N-dealkylation sites (tertiary alicyclic amines) is 1. The molecule has 0 saturated carbocycles. The van der Waals surface area contributed by atoms with Gasteiger partial charge in [0.2, 0.25) is 5.91 Å². The van der Waals surface area contributed by atoms with E-state index >= 15 is 0 Å². The maximum absolute atomic E-state index is 13.0. The molecule has 2 aromatic rings. The monoisotopic (exact) mass is 326 g/mol. The quantitative estimate of drug-likeness (QED) is 0.939. The number of nitrogens with zero attached hydrogens (tertiary/aromatic N) is 1. The maximum atomic E-state index is 13.0. The minimum atomic E-state index is -0.468. The summed E-state index contributed by atoms with van der Waals surface area (Å²) in [4.78, 5) is 26.4. The van der Waals surface area contributed by atoms with Gasteiger partial charge in [0.25, 0.3) is 0 Å². The summed E-state index contributed by atoms with van der Waals surface area (Å²) >= 11 is 0. The zero-order chi connectivity index (χ0) is 16.9. The van der Waals surface area contributed by atoms with Crippen LogP contribution in [0.1, 0.15) is 24.4 Å². The molecule has 1 saturated heterocycles. The predicted octanol–water partition coefficient (Wildman–Crippen LogP) is 3.17. The lowest BCUT2D eigenvalue weighted by Gasteiger charge is -2.33. The van der Waals surface area contributed by atoms with Crippen molar-refractivity contribution < 1.29 is 14.0 Å². The molecule has 0 unspecified atom stereocenters. The number of hydrogen-bond acceptors (Lipinski definition) is 3. The summed E-state index contributed by atoms with van der Waals surface area (Å²) in [5.41, 5.74) is 1.43. The highest BCUT2D eigenvalue weighted by Gasteiger charge is 2.30. The van der Waals surface area contributed by atoms with E-state index in [1.807, 2.05) is 35.2 Å². The van der Waals surface area contributed by atoms with Crippen LogP contribution in [-0.4, -0.2) is 29.7 Å². The first-order valence-corrected chi connectivity index (χ1v) is 8.00. The van der Waals surface area contributed by atoms with Gasteiger partial charge in [-0.25, -0.2) is 4.39 Å². The Bertz CT molecular complexity index is 706. The molecule has 1 N–H and O–H groups in total. The third-order valence-corrected chi connectivity index (χ3v) is 4.20. The standard InChI is InChI=1S/C19H19FN2O2/c20-15-6-8-16(9-7-15)21-19(24)18(14-4-2-1-3-5-14)22-12-10-17(23)11-13-22/h1-9,18H,10-13H2,(H,21,24)/t18-/m1/s1. The third kappa shape index (κ3) is 3.86. The maximum Gasteiger partial charge on any atom is 0.246 e. The molecule has 1 aliphatic rings. The predicted molar refractivity (Wildman–Crippen MR) is 90.0 cm³/mol. The van der Waals surface area contributed by atoms with E-state index in [2.05, 4.69) is 5.32 Å². The van der Waals surface area contributed by atoms with Gasteiger partial charge in [0.1, 0.15) is 17.6 Å². The lowest BCUT2D eigenvalue weighted by Crippen LogP contribution is -2.42. The molecule has 1 fully saturated rings. The van der Waals surface area contributed by atoms with Crippen LogP contribution in [0.15, 0.2) is 54.6 Å². The molecule has 0 radical (unpaired) electrons. The topological polar surface area (TPSA) is 49.4 Å². The summed E-state index contributed by atoms with van der Waals surface area (Å²) in [5, 5.41) is 2.84. The normalized spacial score (nSPS) is 16.6. The highest BCUT2D eigenvalue weighted by molar-refractivity contribution is 5.95. The fourth-order valence-electron chi connectivity index (χ4n) is 2.94. The number of piperidine rings is 1. The smallest absolute Gasteiger partial charge is 0.246 e. The van der Waals surface area contributed by atoms with E-state index in [-0.39, 0.29) is 17.5 Å². The summed E-state index contributed by atoms with van der Waals surface area (Å²) in [6.07, 6.45) is 0.931. The molecule has 5 heteroatoms. The molecule has 1 atom stereocenters. The van der Waals surface area contributed by atoms with Gasteiger partial charge in [-0.2, -0.15) is 0 Å². The first kappa shape index (κ1) is 16.3. The van der Waals surface area contributed by atoms with Crippen molar-refractivity contribution in [3.8, 4) is 0 Å². The number of Topliss-reactive ketones (excluding diaryl/α,β-unsaturated/α-hetero) is 1. The van der Waals surface area contributed by atoms with E-state index in [1.54, 1.807) is 0 Å². The van der Waals surface area contributed by atoms with Gasteiger partial charge in [0, 0.05) is 31.6 Å². The lowest BCUT2D eigenvalue weighted by atomic mass is 10.0. The summed E-state index contributed by atoms with van der Waals surface area (Å²) in [6.45, 7) is 1.13. The van der Waals surface area contributed by atoms with Crippen LogP contribution >= 0.6 is 0 Å². The van der Waals surface area contributed by atoms with Crippen LogP contribution in [0.25, 0.3) is 0 Å². The van der Waals surface area contributed by atoms with Gasteiger partial charge < -0.3 is 5.32 Å². The number of hydrogen-bond donors (Lipinski definition) is 1. The Labute approximate surface area is 140 Å². The van der Waals surface area contributed by atoms with Crippen molar-refractivity contribution in [1.82, 2.24) is 4.90 Å². The molecule has 0 bridgehead atoms. The average molecular weight is 326 g/mol. The van der Waals surface area contributed by atoms with E-state index in [0.717, 1.165) is 5.56 Å². The van der Waals surface area contributed by atoms with Gasteiger partial charge in [-0.1, -0.05) is 30.3 Å². The Hall–Kier alpha value is -2.53. The molecule has 0 aliphatic carbocycles. The van der Waals surface area contributed by atoms with Crippen molar-refractivity contribution in [3.63, 3.8) is 0 Å². The van der Waals surface area contributed by atoms with E-state index in [9.17, 15) is 14.0 Å².